The molecule has 1 aliphatic heterocycles. The van der Waals surface area contributed by atoms with Gasteiger partial charge in [-0.15, -0.1) is 0 Å². The van der Waals surface area contributed by atoms with E-state index >= 15 is 0 Å². The Morgan fingerprint density at radius 2 is 1.71 bits per heavy atom. The van der Waals surface area contributed by atoms with Gasteiger partial charge in [-0.05, 0) is 25.0 Å². The van der Waals surface area contributed by atoms with Crippen molar-refractivity contribution in [2.75, 3.05) is 31.1 Å². The summed E-state index contributed by atoms with van der Waals surface area (Å²) in [5.41, 5.74) is 2.83. The molecule has 1 aliphatic rings. The van der Waals surface area contributed by atoms with Crippen LogP contribution in [0, 0.1) is 13.8 Å². The lowest BCUT2D eigenvalue weighted by Gasteiger charge is -2.34. The predicted octanol–water partition coefficient (Wildman–Crippen LogP) is 1.75. The van der Waals surface area contributed by atoms with Gasteiger partial charge in [-0.2, -0.15) is 4.31 Å². The molecule has 0 aliphatic carbocycles. The largest absolute Gasteiger partial charge is 0.338 e. The van der Waals surface area contributed by atoms with Gasteiger partial charge in [0.05, 0.1) is 5.75 Å². The molecule has 0 saturated carbocycles. The molecule has 7 heteroatoms. The zero-order valence-corrected chi connectivity index (χ0v) is 14.8. The molecule has 1 aromatic heterocycles. The maximum absolute atomic E-state index is 12.6. The van der Waals surface area contributed by atoms with E-state index in [-0.39, 0.29) is 5.75 Å². The van der Waals surface area contributed by atoms with Crippen LogP contribution < -0.4 is 4.90 Å². The highest BCUT2D eigenvalue weighted by molar-refractivity contribution is 7.88. The minimum absolute atomic E-state index is 0.0496. The van der Waals surface area contributed by atoms with Crippen LogP contribution in [-0.4, -0.2) is 48.9 Å². The van der Waals surface area contributed by atoms with E-state index in [0.29, 0.717) is 32.1 Å². The number of nitrogens with zero attached hydrogens (tertiary/aromatic N) is 4. The molecule has 0 amide bonds. The molecule has 128 valence electrons. The average molecular weight is 346 g/mol. The number of piperazine rings is 1. The molecule has 0 N–H and O–H groups in total. The summed E-state index contributed by atoms with van der Waals surface area (Å²) in [7, 11) is -3.29. The monoisotopic (exact) mass is 346 g/mol. The predicted molar refractivity (Wildman–Crippen MR) is 94.4 cm³/mol. The number of rotatable bonds is 4. The van der Waals surface area contributed by atoms with Crippen molar-refractivity contribution in [3.63, 3.8) is 0 Å². The third-order valence-electron chi connectivity index (χ3n) is 4.32. The zero-order chi connectivity index (χ0) is 17.2. The Labute approximate surface area is 143 Å². The normalized spacial score (nSPS) is 16.3. The van der Waals surface area contributed by atoms with Crippen molar-refractivity contribution in [1.29, 1.82) is 0 Å². The van der Waals surface area contributed by atoms with Gasteiger partial charge in [0.25, 0.3) is 0 Å². The summed E-state index contributed by atoms with van der Waals surface area (Å²) in [4.78, 5) is 10.9. The first kappa shape index (κ1) is 16.9. The summed E-state index contributed by atoms with van der Waals surface area (Å²) in [5, 5.41) is 0. The van der Waals surface area contributed by atoms with Crippen molar-refractivity contribution in [1.82, 2.24) is 14.3 Å². The van der Waals surface area contributed by atoms with Gasteiger partial charge in [-0.1, -0.05) is 30.3 Å². The third-order valence-corrected chi connectivity index (χ3v) is 6.17. The van der Waals surface area contributed by atoms with E-state index in [2.05, 4.69) is 9.97 Å². The third kappa shape index (κ3) is 3.73. The summed E-state index contributed by atoms with van der Waals surface area (Å²) in [6.45, 7) is 6.08. The van der Waals surface area contributed by atoms with Crippen molar-refractivity contribution >= 4 is 16.0 Å². The van der Waals surface area contributed by atoms with E-state index in [0.717, 1.165) is 16.8 Å². The van der Waals surface area contributed by atoms with E-state index in [4.69, 9.17) is 0 Å². The smallest absolute Gasteiger partial charge is 0.225 e. The van der Waals surface area contributed by atoms with Gasteiger partial charge >= 0.3 is 0 Å². The lowest BCUT2D eigenvalue weighted by Crippen LogP contribution is -2.49. The lowest BCUT2D eigenvalue weighted by molar-refractivity contribution is 0.382. The lowest BCUT2D eigenvalue weighted by atomic mass is 10.2. The van der Waals surface area contributed by atoms with Crippen molar-refractivity contribution < 1.29 is 8.42 Å². The van der Waals surface area contributed by atoms with Gasteiger partial charge in [0.1, 0.15) is 0 Å². The molecule has 1 saturated heterocycles. The molecule has 3 rings (SSSR count). The van der Waals surface area contributed by atoms with E-state index in [1.165, 1.54) is 0 Å². The van der Waals surface area contributed by atoms with Crippen molar-refractivity contribution in [2.24, 2.45) is 0 Å². The minimum atomic E-state index is -3.29. The van der Waals surface area contributed by atoms with E-state index < -0.39 is 10.0 Å². The zero-order valence-electron chi connectivity index (χ0n) is 14.0. The first-order valence-electron chi connectivity index (χ1n) is 8.03. The summed E-state index contributed by atoms with van der Waals surface area (Å²) in [6.07, 6.45) is 1.82. The van der Waals surface area contributed by atoms with Crippen LogP contribution in [-0.2, 0) is 15.8 Å². The highest BCUT2D eigenvalue weighted by Gasteiger charge is 2.28. The molecule has 0 spiro atoms. The Morgan fingerprint density at radius 3 is 2.33 bits per heavy atom. The number of aromatic nitrogens is 2. The minimum Gasteiger partial charge on any atom is -0.338 e. The number of benzene rings is 1. The average Bonchev–Trinajstić information content (AvgIpc) is 2.58. The number of aryl methyl sites for hydroxylation is 2. The first-order valence-corrected chi connectivity index (χ1v) is 9.63. The number of hydrogen-bond acceptors (Lipinski definition) is 5. The van der Waals surface area contributed by atoms with Gasteiger partial charge in [-0.25, -0.2) is 18.4 Å². The molecule has 1 aromatic carbocycles. The van der Waals surface area contributed by atoms with Gasteiger partial charge in [-0.3, -0.25) is 0 Å². The van der Waals surface area contributed by atoms with Crippen LogP contribution >= 0.6 is 0 Å². The second-order valence-electron chi connectivity index (χ2n) is 6.07. The molecular weight excluding hydrogens is 324 g/mol. The second kappa shape index (κ2) is 6.86. The fourth-order valence-corrected chi connectivity index (χ4v) is 4.23. The highest BCUT2D eigenvalue weighted by atomic mass is 32.2. The van der Waals surface area contributed by atoms with Crippen LogP contribution in [0.25, 0.3) is 0 Å². The van der Waals surface area contributed by atoms with Crippen LogP contribution in [0.4, 0.5) is 5.95 Å². The van der Waals surface area contributed by atoms with Crippen LogP contribution in [0.5, 0.6) is 0 Å². The molecular formula is C17H22N4O2S. The molecule has 2 aromatic rings. The fraction of sp³-hybridized carbons (Fsp3) is 0.412. The molecule has 6 nitrogen and oxygen atoms in total. The second-order valence-corrected chi connectivity index (χ2v) is 8.04. The number of sulfonamides is 1. The topological polar surface area (TPSA) is 66.4 Å². The van der Waals surface area contributed by atoms with Gasteiger partial charge in [0, 0.05) is 38.1 Å². The van der Waals surface area contributed by atoms with Crippen LogP contribution in [0.3, 0.4) is 0 Å². The fourth-order valence-electron chi connectivity index (χ4n) is 2.71. The number of anilines is 1. The number of hydrogen-bond donors (Lipinski definition) is 0. The van der Waals surface area contributed by atoms with Crippen LogP contribution in [0.1, 0.15) is 16.8 Å². The Balaban J connectivity index is 1.65. The summed E-state index contributed by atoms with van der Waals surface area (Å²) in [5.74, 6) is 0.728. The van der Waals surface area contributed by atoms with Crippen LogP contribution in [0.2, 0.25) is 0 Å². The van der Waals surface area contributed by atoms with Crippen molar-refractivity contribution in [3.05, 3.63) is 53.3 Å². The maximum Gasteiger partial charge on any atom is 0.225 e. The Kier molecular flexibility index (Phi) is 4.82. The summed E-state index contributed by atoms with van der Waals surface area (Å²) < 4.78 is 26.7. The molecule has 0 radical (unpaired) electrons. The Bertz CT molecular complexity index is 801. The molecule has 2 heterocycles. The Hall–Kier alpha value is -1.99. The van der Waals surface area contributed by atoms with Crippen molar-refractivity contribution in [3.8, 4) is 0 Å². The first-order chi connectivity index (χ1) is 11.5. The van der Waals surface area contributed by atoms with Crippen molar-refractivity contribution in [2.45, 2.75) is 19.6 Å². The molecule has 24 heavy (non-hydrogen) atoms. The van der Waals surface area contributed by atoms with Gasteiger partial charge < -0.3 is 4.90 Å². The maximum atomic E-state index is 12.6. The summed E-state index contributed by atoms with van der Waals surface area (Å²) in [6, 6.07) is 9.30. The Morgan fingerprint density at radius 1 is 1.04 bits per heavy atom. The van der Waals surface area contributed by atoms with E-state index in [9.17, 15) is 8.42 Å². The molecule has 0 bridgehead atoms. The van der Waals surface area contributed by atoms with Gasteiger partial charge in [0.2, 0.25) is 16.0 Å². The van der Waals surface area contributed by atoms with Crippen LogP contribution in [0.15, 0.2) is 36.5 Å². The SMILES string of the molecule is Cc1cnc(N2CCN(S(=O)(=O)Cc3ccccc3)CC2)nc1C. The molecule has 0 unspecified atom stereocenters. The summed E-state index contributed by atoms with van der Waals surface area (Å²) >= 11 is 0. The molecule has 1 fully saturated rings. The van der Waals surface area contributed by atoms with E-state index in [1.54, 1.807) is 4.31 Å². The molecule has 0 atom stereocenters. The quantitative estimate of drug-likeness (QED) is 0.844. The standard InChI is InChI=1S/C17H22N4O2S/c1-14-12-18-17(19-15(14)2)20-8-10-21(11-9-20)24(22,23)13-16-6-4-3-5-7-16/h3-7,12H,8-11,13H2,1-2H3. The van der Waals surface area contributed by atoms with Gasteiger partial charge in [0.15, 0.2) is 0 Å². The highest BCUT2D eigenvalue weighted by Crippen LogP contribution is 2.17. The van der Waals surface area contributed by atoms with E-state index in [1.807, 2.05) is 55.3 Å².